The fourth-order valence-electron chi connectivity index (χ4n) is 2.71. The average molecular weight is 341 g/mol. The molecule has 2 heterocycles. The molecule has 8 heteroatoms. The molecule has 0 bridgehead atoms. The second-order valence-electron chi connectivity index (χ2n) is 5.88. The van der Waals surface area contributed by atoms with Gasteiger partial charge in [-0.05, 0) is 37.3 Å². The summed E-state index contributed by atoms with van der Waals surface area (Å²) >= 11 is 0. The maximum Gasteiger partial charge on any atom is 0.335 e. The zero-order valence-corrected chi connectivity index (χ0v) is 13.3. The van der Waals surface area contributed by atoms with Crippen molar-refractivity contribution in [2.24, 2.45) is 4.99 Å². The van der Waals surface area contributed by atoms with Crippen LogP contribution in [0.2, 0.25) is 0 Å². The number of carboxylic acids is 1. The maximum absolute atomic E-state index is 12.8. The highest BCUT2D eigenvalue weighted by molar-refractivity contribution is 6.12. The van der Waals surface area contributed by atoms with Gasteiger partial charge in [0, 0.05) is 6.20 Å². The Morgan fingerprint density at radius 2 is 2.08 bits per heavy atom. The molecule has 1 atom stereocenters. The molecule has 1 aromatic rings. The van der Waals surface area contributed by atoms with E-state index in [-0.39, 0.29) is 23.4 Å². The van der Waals surface area contributed by atoms with Crippen molar-refractivity contribution in [3.05, 3.63) is 48.2 Å². The maximum atomic E-state index is 12.8. The third-order valence-corrected chi connectivity index (χ3v) is 4.09. The lowest BCUT2D eigenvalue weighted by molar-refractivity contribution is -0.130. The number of benzene rings is 1. The molecule has 0 fully saturated rings. The van der Waals surface area contributed by atoms with Crippen molar-refractivity contribution in [1.82, 2.24) is 4.90 Å². The van der Waals surface area contributed by atoms with Crippen LogP contribution < -0.4 is 5.32 Å². The number of aromatic hydroxyl groups is 1. The van der Waals surface area contributed by atoms with E-state index in [2.05, 4.69) is 10.3 Å². The summed E-state index contributed by atoms with van der Waals surface area (Å²) < 4.78 is 0. The van der Waals surface area contributed by atoms with E-state index in [1.54, 1.807) is 36.3 Å². The Morgan fingerprint density at radius 3 is 2.80 bits per heavy atom. The molecule has 25 heavy (non-hydrogen) atoms. The minimum absolute atomic E-state index is 0.0424. The first-order valence-corrected chi connectivity index (χ1v) is 7.45. The SMILES string of the molecule is CC1(C(=O)Nc2cc(C(=O)O)ccc2O)CC(=O)N=C2C=CC=CN21. The number of phenolic OH excluding ortho intramolecular Hbond substituents is 1. The van der Waals surface area contributed by atoms with Crippen molar-refractivity contribution in [1.29, 1.82) is 0 Å². The van der Waals surface area contributed by atoms with Crippen molar-refractivity contribution in [3.63, 3.8) is 0 Å². The van der Waals surface area contributed by atoms with E-state index in [0.717, 1.165) is 6.07 Å². The number of fused-ring (bicyclic) bond motifs is 1. The van der Waals surface area contributed by atoms with Gasteiger partial charge in [-0.15, -0.1) is 0 Å². The molecule has 3 rings (SSSR count). The molecule has 1 aromatic carbocycles. The number of carbonyl (C=O) groups is 3. The third kappa shape index (κ3) is 2.89. The van der Waals surface area contributed by atoms with Crippen molar-refractivity contribution >= 4 is 29.3 Å². The summed E-state index contributed by atoms with van der Waals surface area (Å²) in [6.07, 6.45) is 6.51. The molecule has 0 saturated heterocycles. The predicted molar refractivity (Wildman–Crippen MR) is 89.3 cm³/mol. The van der Waals surface area contributed by atoms with Crippen molar-refractivity contribution in [2.45, 2.75) is 18.9 Å². The number of nitrogens with one attached hydrogen (secondary N) is 1. The number of amides is 2. The van der Waals surface area contributed by atoms with Gasteiger partial charge in [-0.3, -0.25) is 9.59 Å². The number of carbonyl (C=O) groups excluding carboxylic acids is 2. The van der Waals surface area contributed by atoms with E-state index in [4.69, 9.17) is 5.11 Å². The largest absolute Gasteiger partial charge is 0.506 e. The lowest BCUT2D eigenvalue weighted by atomic mass is 9.91. The number of amidine groups is 1. The van der Waals surface area contributed by atoms with E-state index in [1.807, 2.05) is 0 Å². The Kier molecular flexibility index (Phi) is 3.88. The molecule has 2 aliphatic heterocycles. The Labute approximate surface area is 142 Å². The average Bonchev–Trinajstić information content (AvgIpc) is 2.56. The van der Waals surface area contributed by atoms with Crippen LogP contribution in [-0.2, 0) is 9.59 Å². The van der Waals surface area contributed by atoms with Crippen molar-refractivity contribution in [2.75, 3.05) is 5.32 Å². The highest BCUT2D eigenvalue weighted by Gasteiger charge is 2.45. The number of nitrogens with zero attached hydrogens (tertiary/aromatic N) is 2. The van der Waals surface area contributed by atoms with Gasteiger partial charge >= 0.3 is 5.97 Å². The van der Waals surface area contributed by atoms with Gasteiger partial charge in [0.1, 0.15) is 17.1 Å². The van der Waals surface area contributed by atoms with E-state index < -0.39 is 23.3 Å². The summed E-state index contributed by atoms with van der Waals surface area (Å²) in [4.78, 5) is 41.3. The minimum atomic E-state index is -1.26. The fourth-order valence-corrected chi connectivity index (χ4v) is 2.71. The van der Waals surface area contributed by atoms with E-state index in [1.165, 1.54) is 12.1 Å². The molecule has 0 saturated carbocycles. The molecule has 0 spiro atoms. The summed E-state index contributed by atoms with van der Waals surface area (Å²) in [5.74, 6) is -2.11. The van der Waals surface area contributed by atoms with Crippen LogP contribution in [0.25, 0.3) is 0 Å². The number of aliphatic imine (C=N–C) groups is 1. The van der Waals surface area contributed by atoms with Crippen LogP contribution in [0, 0.1) is 0 Å². The van der Waals surface area contributed by atoms with Gasteiger partial charge in [0.05, 0.1) is 17.7 Å². The molecule has 2 amide bonds. The standard InChI is InChI=1S/C17H15N3O5/c1-17(9-14(22)19-13-4-2-3-7-20(13)17)16(25)18-11-8-10(15(23)24)5-6-12(11)21/h2-8,21H,9H2,1H3,(H,18,25)(H,23,24). The zero-order valence-electron chi connectivity index (χ0n) is 13.3. The van der Waals surface area contributed by atoms with Gasteiger partial charge in [0.25, 0.3) is 11.8 Å². The molecule has 0 aromatic heterocycles. The second kappa shape index (κ2) is 5.90. The highest BCUT2D eigenvalue weighted by atomic mass is 16.4. The Hall–Kier alpha value is -3.42. The lowest BCUT2D eigenvalue weighted by Crippen LogP contribution is -2.58. The fraction of sp³-hybridized carbons (Fsp3) is 0.176. The van der Waals surface area contributed by atoms with Gasteiger partial charge in [0.15, 0.2) is 0 Å². The van der Waals surface area contributed by atoms with Crippen LogP contribution >= 0.6 is 0 Å². The van der Waals surface area contributed by atoms with Crippen LogP contribution in [0.3, 0.4) is 0 Å². The molecule has 2 aliphatic rings. The first-order chi connectivity index (χ1) is 11.8. The summed E-state index contributed by atoms with van der Waals surface area (Å²) in [5, 5.41) is 21.4. The molecule has 3 N–H and O–H groups in total. The Bertz CT molecular complexity index is 871. The lowest BCUT2D eigenvalue weighted by Gasteiger charge is -2.41. The van der Waals surface area contributed by atoms with E-state index in [0.29, 0.717) is 5.84 Å². The number of hydrogen-bond donors (Lipinski definition) is 3. The van der Waals surface area contributed by atoms with Crippen LogP contribution in [0.15, 0.2) is 47.6 Å². The monoisotopic (exact) mass is 341 g/mol. The first-order valence-electron chi connectivity index (χ1n) is 7.45. The minimum Gasteiger partial charge on any atom is -0.506 e. The number of hydrogen-bond acceptors (Lipinski definition) is 5. The highest BCUT2D eigenvalue weighted by Crippen LogP contribution is 2.31. The number of aromatic carboxylic acids is 1. The molecule has 1 unspecified atom stereocenters. The first kappa shape index (κ1) is 16.4. The number of rotatable bonds is 3. The summed E-state index contributed by atoms with van der Waals surface area (Å²) in [7, 11) is 0. The van der Waals surface area contributed by atoms with Crippen LogP contribution in [0.1, 0.15) is 23.7 Å². The normalized spacial score (nSPS) is 21.6. The van der Waals surface area contributed by atoms with Gasteiger partial charge in [-0.25, -0.2) is 4.79 Å². The van der Waals surface area contributed by atoms with Gasteiger partial charge < -0.3 is 20.4 Å². The molecule has 8 nitrogen and oxygen atoms in total. The number of allylic oxidation sites excluding steroid dienone is 2. The van der Waals surface area contributed by atoms with Gasteiger partial charge in [-0.1, -0.05) is 6.08 Å². The van der Waals surface area contributed by atoms with E-state index >= 15 is 0 Å². The third-order valence-electron chi connectivity index (χ3n) is 4.09. The smallest absolute Gasteiger partial charge is 0.335 e. The number of phenols is 1. The zero-order chi connectivity index (χ0) is 18.2. The number of anilines is 1. The van der Waals surface area contributed by atoms with Gasteiger partial charge in [0.2, 0.25) is 0 Å². The molecular formula is C17H15N3O5. The van der Waals surface area contributed by atoms with Crippen molar-refractivity contribution in [3.8, 4) is 5.75 Å². The predicted octanol–water partition coefficient (Wildman–Crippen LogP) is 1.50. The summed E-state index contributed by atoms with van der Waals surface area (Å²) in [6, 6.07) is 3.57. The van der Waals surface area contributed by atoms with Gasteiger partial charge in [-0.2, -0.15) is 4.99 Å². The Morgan fingerprint density at radius 1 is 1.32 bits per heavy atom. The number of carboxylic acid groups (broad SMARTS) is 1. The Balaban J connectivity index is 1.93. The topological polar surface area (TPSA) is 119 Å². The second-order valence-corrected chi connectivity index (χ2v) is 5.88. The summed E-state index contributed by atoms with van der Waals surface area (Å²) in [5.41, 5.74) is -1.39. The van der Waals surface area contributed by atoms with Crippen LogP contribution in [0.5, 0.6) is 5.75 Å². The molecule has 0 radical (unpaired) electrons. The summed E-state index contributed by atoms with van der Waals surface area (Å²) in [6.45, 7) is 1.58. The molecule has 128 valence electrons. The van der Waals surface area contributed by atoms with Crippen LogP contribution in [-0.4, -0.2) is 44.3 Å². The quantitative estimate of drug-likeness (QED) is 0.717. The molecule has 0 aliphatic carbocycles. The van der Waals surface area contributed by atoms with Crippen molar-refractivity contribution < 1.29 is 24.6 Å². The molecular weight excluding hydrogens is 326 g/mol. The van der Waals surface area contributed by atoms with E-state index in [9.17, 15) is 19.5 Å². The van der Waals surface area contributed by atoms with Crippen LogP contribution in [0.4, 0.5) is 5.69 Å².